The van der Waals surface area contributed by atoms with Crippen molar-refractivity contribution in [1.29, 1.82) is 0 Å². The molecule has 7 nitrogen and oxygen atoms in total. The normalized spacial score (nSPS) is 11.2. The van der Waals surface area contributed by atoms with Crippen LogP contribution in [0.15, 0.2) is 35.6 Å². The van der Waals surface area contributed by atoms with Gasteiger partial charge in [-0.2, -0.15) is 0 Å². The number of nitrogens with two attached hydrogens (primary N) is 1. The summed E-state index contributed by atoms with van der Waals surface area (Å²) in [5.74, 6) is 3.26. The monoisotopic (exact) mass is 473 g/mol. The fourth-order valence-corrected chi connectivity index (χ4v) is 2.45. The molecule has 1 aromatic heterocycles. The van der Waals surface area contributed by atoms with Crippen LogP contribution in [0.5, 0.6) is 11.5 Å². The Morgan fingerprint density at radius 2 is 2.00 bits per heavy atom. The molecule has 144 valence electrons. The van der Waals surface area contributed by atoms with Gasteiger partial charge < -0.3 is 25.1 Å². The fourth-order valence-electron chi connectivity index (χ4n) is 2.45. The number of ether oxygens (including phenoxy) is 2. The maximum atomic E-state index is 5.96. The minimum atomic E-state index is 0. The minimum absolute atomic E-state index is 0. The van der Waals surface area contributed by atoms with Gasteiger partial charge in [-0.3, -0.25) is 0 Å². The molecule has 26 heavy (non-hydrogen) atoms. The molecule has 2 rings (SSSR count). The highest BCUT2D eigenvalue weighted by atomic mass is 127. The Morgan fingerprint density at radius 1 is 1.27 bits per heavy atom. The smallest absolute Gasteiger partial charge is 0.189 e. The molecule has 0 spiro atoms. The third kappa shape index (κ3) is 6.40. The SMILES string of the molecule is COc1ccc(CN=C(N)NCc2nccn2CC(C)C)cc1OC.I. The van der Waals surface area contributed by atoms with Crippen molar-refractivity contribution in [1.82, 2.24) is 14.9 Å². The van der Waals surface area contributed by atoms with Gasteiger partial charge in [-0.25, -0.2) is 9.98 Å². The molecular formula is C18H28IN5O2. The number of aromatic nitrogens is 2. The summed E-state index contributed by atoms with van der Waals surface area (Å²) >= 11 is 0. The Morgan fingerprint density at radius 3 is 2.65 bits per heavy atom. The van der Waals surface area contributed by atoms with Gasteiger partial charge in [0.1, 0.15) is 5.82 Å². The molecule has 0 radical (unpaired) electrons. The highest BCUT2D eigenvalue weighted by Crippen LogP contribution is 2.27. The van der Waals surface area contributed by atoms with Crippen LogP contribution >= 0.6 is 24.0 Å². The lowest BCUT2D eigenvalue weighted by Gasteiger charge is -2.11. The Balaban J connectivity index is 0.00000338. The minimum Gasteiger partial charge on any atom is -0.493 e. The van der Waals surface area contributed by atoms with Crippen molar-refractivity contribution in [2.75, 3.05) is 14.2 Å². The Bertz CT molecular complexity index is 715. The number of benzene rings is 1. The summed E-state index contributed by atoms with van der Waals surface area (Å²) in [6, 6.07) is 5.69. The number of hydrogen-bond donors (Lipinski definition) is 2. The third-order valence-electron chi connectivity index (χ3n) is 3.67. The van der Waals surface area contributed by atoms with Crippen LogP contribution in [0, 0.1) is 5.92 Å². The van der Waals surface area contributed by atoms with Crippen LogP contribution in [0.2, 0.25) is 0 Å². The van der Waals surface area contributed by atoms with E-state index in [0.29, 0.717) is 36.5 Å². The first-order chi connectivity index (χ1) is 12.0. The molecule has 0 saturated heterocycles. The van der Waals surface area contributed by atoms with Gasteiger partial charge in [0.15, 0.2) is 17.5 Å². The number of rotatable bonds is 8. The molecule has 3 N–H and O–H groups in total. The fraction of sp³-hybridized carbons (Fsp3) is 0.444. The zero-order chi connectivity index (χ0) is 18.2. The molecule has 0 fully saturated rings. The zero-order valence-corrected chi connectivity index (χ0v) is 18.1. The van der Waals surface area contributed by atoms with E-state index in [1.807, 2.05) is 24.4 Å². The van der Waals surface area contributed by atoms with Crippen LogP contribution < -0.4 is 20.5 Å². The van der Waals surface area contributed by atoms with E-state index in [4.69, 9.17) is 15.2 Å². The summed E-state index contributed by atoms with van der Waals surface area (Å²) in [6.45, 7) is 6.28. The van der Waals surface area contributed by atoms with Crippen LogP contribution in [0.3, 0.4) is 0 Å². The summed E-state index contributed by atoms with van der Waals surface area (Å²) in [6.07, 6.45) is 3.78. The van der Waals surface area contributed by atoms with Crippen molar-refractivity contribution in [3.63, 3.8) is 0 Å². The van der Waals surface area contributed by atoms with Crippen LogP contribution in [-0.2, 0) is 19.6 Å². The molecule has 1 aromatic carbocycles. The lowest BCUT2D eigenvalue weighted by atomic mass is 10.2. The second-order valence-electron chi connectivity index (χ2n) is 6.13. The molecule has 0 saturated carbocycles. The largest absolute Gasteiger partial charge is 0.493 e. The van der Waals surface area contributed by atoms with E-state index >= 15 is 0 Å². The van der Waals surface area contributed by atoms with E-state index in [-0.39, 0.29) is 24.0 Å². The molecule has 8 heteroatoms. The maximum absolute atomic E-state index is 5.96. The molecule has 0 aliphatic carbocycles. The van der Waals surface area contributed by atoms with Crippen LogP contribution in [0.25, 0.3) is 0 Å². The average Bonchev–Trinajstić information content (AvgIpc) is 3.04. The van der Waals surface area contributed by atoms with E-state index in [0.717, 1.165) is 17.9 Å². The first-order valence-electron chi connectivity index (χ1n) is 8.28. The summed E-state index contributed by atoms with van der Waals surface area (Å²) in [4.78, 5) is 8.73. The highest BCUT2D eigenvalue weighted by molar-refractivity contribution is 14.0. The van der Waals surface area contributed by atoms with Gasteiger partial charge >= 0.3 is 0 Å². The summed E-state index contributed by atoms with van der Waals surface area (Å²) in [5, 5.41) is 3.11. The second-order valence-corrected chi connectivity index (χ2v) is 6.13. The molecule has 0 amide bonds. The van der Waals surface area contributed by atoms with Gasteiger partial charge in [-0.15, -0.1) is 24.0 Å². The second kappa shape index (κ2) is 10.9. The van der Waals surface area contributed by atoms with Crippen molar-refractivity contribution in [3.05, 3.63) is 42.0 Å². The van der Waals surface area contributed by atoms with Crippen LogP contribution in [-0.4, -0.2) is 29.7 Å². The van der Waals surface area contributed by atoms with Crippen molar-refractivity contribution in [2.45, 2.75) is 33.5 Å². The van der Waals surface area contributed by atoms with E-state index in [2.05, 4.69) is 33.7 Å². The van der Waals surface area contributed by atoms with Crippen molar-refractivity contribution >= 4 is 29.9 Å². The third-order valence-corrected chi connectivity index (χ3v) is 3.67. The van der Waals surface area contributed by atoms with Crippen molar-refractivity contribution in [3.8, 4) is 11.5 Å². The quantitative estimate of drug-likeness (QED) is 0.350. The summed E-state index contributed by atoms with van der Waals surface area (Å²) < 4.78 is 12.6. The number of hydrogen-bond acceptors (Lipinski definition) is 4. The van der Waals surface area contributed by atoms with Gasteiger partial charge in [0.25, 0.3) is 0 Å². The van der Waals surface area contributed by atoms with Gasteiger partial charge in [-0.1, -0.05) is 19.9 Å². The predicted molar refractivity (Wildman–Crippen MR) is 114 cm³/mol. The zero-order valence-electron chi connectivity index (χ0n) is 15.7. The van der Waals surface area contributed by atoms with Crippen LogP contribution in [0.1, 0.15) is 25.2 Å². The Hall–Kier alpha value is -1.97. The first-order valence-corrected chi connectivity index (χ1v) is 8.28. The average molecular weight is 473 g/mol. The Kier molecular flexibility index (Phi) is 9.25. The lowest BCUT2D eigenvalue weighted by molar-refractivity contribution is 0.354. The molecule has 2 aromatic rings. The van der Waals surface area contributed by atoms with E-state index in [9.17, 15) is 0 Å². The van der Waals surface area contributed by atoms with Crippen LogP contribution in [0.4, 0.5) is 0 Å². The van der Waals surface area contributed by atoms with Gasteiger partial charge in [0, 0.05) is 18.9 Å². The number of nitrogens with one attached hydrogen (secondary N) is 1. The Labute approximate surface area is 172 Å². The van der Waals surface area contributed by atoms with Gasteiger partial charge in [0.2, 0.25) is 0 Å². The van der Waals surface area contributed by atoms with Crippen molar-refractivity contribution in [2.24, 2.45) is 16.6 Å². The number of methoxy groups -OCH3 is 2. The van der Waals surface area contributed by atoms with E-state index in [1.165, 1.54) is 0 Å². The predicted octanol–water partition coefficient (Wildman–Crippen LogP) is 2.78. The number of nitrogens with zero attached hydrogens (tertiary/aromatic N) is 3. The molecule has 0 bridgehead atoms. The number of halogens is 1. The highest BCUT2D eigenvalue weighted by Gasteiger charge is 2.06. The molecular weight excluding hydrogens is 445 g/mol. The van der Waals surface area contributed by atoms with E-state index < -0.39 is 0 Å². The topological polar surface area (TPSA) is 86.7 Å². The van der Waals surface area contributed by atoms with Crippen molar-refractivity contribution < 1.29 is 9.47 Å². The number of imidazole rings is 1. The first kappa shape index (κ1) is 22.1. The standard InChI is InChI=1S/C18H27N5O2.HI/c1-13(2)12-23-8-7-20-17(23)11-22-18(19)21-10-14-5-6-15(24-3)16(9-14)25-4;/h5-9,13H,10-12H2,1-4H3,(H3,19,21,22);1H. The maximum Gasteiger partial charge on any atom is 0.189 e. The number of guanidine groups is 1. The molecule has 1 heterocycles. The molecule has 0 aliphatic heterocycles. The lowest BCUT2D eigenvalue weighted by Crippen LogP contribution is -2.32. The number of aliphatic imine (C=N–C) groups is 1. The molecule has 0 unspecified atom stereocenters. The summed E-state index contributed by atoms with van der Waals surface area (Å²) in [5.41, 5.74) is 6.95. The van der Waals surface area contributed by atoms with E-state index in [1.54, 1.807) is 20.4 Å². The summed E-state index contributed by atoms with van der Waals surface area (Å²) in [7, 11) is 3.22. The van der Waals surface area contributed by atoms with Gasteiger partial charge in [0.05, 0.1) is 27.3 Å². The molecule has 0 atom stereocenters. The van der Waals surface area contributed by atoms with Gasteiger partial charge in [-0.05, 0) is 23.6 Å². The molecule has 0 aliphatic rings.